The van der Waals surface area contributed by atoms with Crippen molar-refractivity contribution < 1.29 is 4.79 Å². The number of benzene rings is 1. The van der Waals surface area contributed by atoms with E-state index in [9.17, 15) is 9.59 Å². The number of likely N-dealkylation sites (N-methyl/N-ethyl adjacent to an activating group) is 1. The fourth-order valence-electron chi connectivity index (χ4n) is 2.49. The first-order valence-corrected chi connectivity index (χ1v) is 8.52. The molecule has 0 aliphatic rings. The predicted molar refractivity (Wildman–Crippen MR) is 99.9 cm³/mol. The zero-order valence-corrected chi connectivity index (χ0v) is 15.3. The van der Waals surface area contributed by atoms with E-state index in [1.54, 1.807) is 13.1 Å². The molecule has 134 valence electrons. The zero-order valence-electron chi connectivity index (χ0n) is 15.3. The van der Waals surface area contributed by atoms with Crippen molar-refractivity contribution in [3.8, 4) is 0 Å². The molecule has 0 aliphatic carbocycles. The van der Waals surface area contributed by atoms with E-state index in [0.29, 0.717) is 0 Å². The van der Waals surface area contributed by atoms with Crippen LogP contribution in [0.1, 0.15) is 32.4 Å². The Hall–Kier alpha value is -2.63. The Morgan fingerprint density at radius 2 is 1.92 bits per heavy atom. The van der Waals surface area contributed by atoms with Crippen LogP contribution in [0.5, 0.6) is 0 Å². The Morgan fingerprint density at radius 1 is 1.24 bits per heavy atom. The zero-order chi connectivity index (χ0) is 18.4. The molecule has 0 radical (unpaired) electrons. The SMILES string of the molecule is CC(C)NC(=O)[C@H](C)n1ncc(N(C)CCc2ccccc2)cc1=O. The van der Waals surface area contributed by atoms with Gasteiger partial charge in [-0.3, -0.25) is 9.59 Å². The van der Waals surface area contributed by atoms with Crippen LogP contribution in [0.2, 0.25) is 0 Å². The van der Waals surface area contributed by atoms with Gasteiger partial charge < -0.3 is 10.2 Å². The second-order valence-corrected chi connectivity index (χ2v) is 6.49. The van der Waals surface area contributed by atoms with Gasteiger partial charge in [0.15, 0.2) is 0 Å². The van der Waals surface area contributed by atoms with E-state index in [0.717, 1.165) is 18.7 Å². The van der Waals surface area contributed by atoms with Gasteiger partial charge in [0.25, 0.3) is 5.56 Å². The number of carbonyl (C=O) groups is 1. The normalized spacial score (nSPS) is 12.0. The number of rotatable bonds is 7. The summed E-state index contributed by atoms with van der Waals surface area (Å²) in [5.74, 6) is -0.213. The molecule has 0 aliphatic heterocycles. The quantitative estimate of drug-likeness (QED) is 0.836. The van der Waals surface area contributed by atoms with Crippen molar-refractivity contribution in [2.24, 2.45) is 0 Å². The van der Waals surface area contributed by atoms with Crippen molar-refractivity contribution in [3.05, 3.63) is 58.5 Å². The number of hydrogen-bond acceptors (Lipinski definition) is 4. The standard InChI is InChI=1S/C19H26N4O2/c1-14(2)21-19(25)15(3)23-18(24)12-17(13-20-23)22(4)11-10-16-8-6-5-7-9-16/h5-9,12-15H,10-11H2,1-4H3,(H,21,25)/t15-/m0/s1. The first kappa shape index (κ1) is 18.7. The molecular weight excluding hydrogens is 316 g/mol. The van der Waals surface area contributed by atoms with Crippen LogP contribution in [0.3, 0.4) is 0 Å². The van der Waals surface area contributed by atoms with Crippen molar-refractivity contribution in [1.82, 2.24) is 15.1 Å². The Labute approximate surface area is 148 Å². The minimum atomic E-state index is -0.640. The highest BCUT2D eigenvalue weighted by Gasteiger charge is 2.18. The Morgan fingerprint density at radius 3 is 2.52 bits per heavy atom. The van der Waals surface area contributed by atoms with Crippen LogP contribution < -0.4 is 15.8 Å². The third-order valence-corrected chi connectivity index (χ3v) is 4.01. The topological polar surface area (TPSA) is 67.2 Å². The Bertz CT molecular complexity index is 756. The summed E-state index contributed by atoms with van der Waals surface area (Å²) in [5.41, 5.74) is 1.71. The molecule has 1 aromatic heterocycles. The molecule has 2 aromatic rings. The Kier molecular flexibility index (Phi) is 6.33. The van der Waals surface area contributed by atoms with Gasteiger partial charge in [0.05, 0.1) is 11.9 Å². The molecule has 6 heteroatoms. The maximum Gasteiger partial charge on any atom is 0.269 e. The molecule has 0 spiro atoms. The average Bonchev–Trinajstić information content (AvgIpc) is 2.59. The van der Waals surface area contributed by atoms with Crippen molar-refractivity contribution >= 4 is 11.6 Å². The number of amides is 1. The molecule has 2 rings (SSSR count). The minimum Gasteiger partial charge on any atom is -0.373 e. The van der Waals surface area contributed by atoms with Crippen molar-refractivity contribution in [2.75, 3.05) is 18.5 Å². The maximum atomic E-state index is 12.3. The van der Waals surface area contributed by atoms with Crippen LogP contribution in [0.15, 0.2) is 47.4 Å². The molecule has 0 saturated heterocycles. The van der Waals surface area contributed by atoms with Gasteiger partial charge in [-0.25, -0.2) is 4.68 Å². The van der Waals surface area contributed by atoms with Crippen LogP contribution in [0, 0.1) is 0 Å². The highest BCUT2D eigenvalue weighted by molar-refractivity contribution is 5.79. The highest BCUT2D eigenvalue weighted by Crippen LogP contribution is 2.10. The smallest absolute Gasteiger partial charge is 0.269 e. The lowest BCUT2D eigenvalue weighted by Gasteiger charge is -2.20. The van der Waals surface area contributed by atoms with Gasteiger partial charge in [0.1, 0.15) is 6.04 Å². The summed E-state index contributed by atoms with van der Waals surface area (Å²) in [4.78, 5) is 26.4. The second kappa shape index (κ2) is 8.46. The van der Waals surface area contributed by atoms with E-state index in [1.807, 2.05) is 44.0 Å². The minimum absolute atomic E-state index is 0.0223. The monoisotopic (exact) mass is 342 g/mol. The van der Waals surface area contributed by atoms with E-state index in [1.165, 1.54) is 16.3 Å². The molecule has 0 fully saturated rings. The summed E-state index contributed by atoms with van der Waals surface area (Å²) < 4.78 is 1.21. The van der Waals surface area contributed by atoms with Crippen LogP contribution in [0.4, 0.5) is 5.69 Å². The van der Waals surface area contributed by atoms with Gasteiger partial charge in [0, 0.05) is 25.7 Å². The molecule has 1 aromatic carbocycles. The number of nitrogens with zero attached hydrogens (tertiary/aromatic N) is 3. The van der Waals surface area contributed by atoms with Gasteiger partial charge in [-0.1, -0.05) is 30.3 Å². The first-order chi connectivity index (χ1) is 11.9. The van der Waals surface area contributed by atoms with Gasteiger partial charge in [-0.2, -0.15) is 5.10 Å². The molecule has 0 bridgehead atoms. The van der Waals surface area contributed by atoms with Crippen molar-refractivity contribution in [3.63, 3.8) is 0 Å². The number of carbonyl (C=O) groups excluding carboxylic acids is 1. The van der Waals surface area contributed by atoms with Crippen LogP contribution in [-0.4, -0.2) is 35.3 Å². The van der Waals surface area contributed by atoms with Gasteiger partial charge in [0.2, 0.25) is 5.91 Å². The maximum absolute atomic E-state index is 12.3. The summed E-state index contributed by atoms with van der Waals surface area (Å²) in [5, 5.41) is 6.98. The Balaban J connectivity index is 2.05. The number of anilines is 1. The molecular formula is C19H26N4O2. The van der Waals surface area contributed by atoms with Gasteiger partial charge >= 0.3 is 0 Å². The summed E-state index contributed by atoms with van der Waals surface area (Å²) in [6, 6.07) is 11.1. The van der Waals surface area contributed by atoms with Crippen LogP contribution >= 0.6 is 0 Å². The number of hydrogen-bond donors (Lipinski definition) is 1. The highest BCUT2D eigenvalue weighted by atomic mass is 16.2. The van der Waals surface area contributed by atoms with Crippen molar-refractivity contribution in [1.29, 1.82) is 0 Å². The molecule has 6 nitrogen and oxygen atoms in total. The molecule has 0 unspecified atom stereocenters. The number of nitrogens with one attached hydrogen (secondary N) is 1. The summed E-state index contributed by atoms with van der Waals surface area (Å²) >= 11 is 0. The van der Waals surface area contributed by atoms with Gasteiger partial charge in [-0.15, -0.1) is 0 Å². The van der Waals surface area contributed by atoms with Gasteiger partial charge in [-0.05, 0) is 32.8 Å². The van der Waals surface area contributed by atoms with E-state index in [-0.39, 0.29) is 17.5 Å². The lowest BCUT2D eigenvalue weighted by Crippen LogP contribution is -2.40. The largest absolute Gasteiger partial charge is 0.373 e. The summed E-state index contributed by atoms with van der Waals surface area (Å²) in [6.07, 6.45) is 2.51. The van der Waals surface area contributed by atoms with Crippen LogP contribution in [0.25, 0.3) is 0 Å². The second-order valence-electron chi connectivity index (χ2n) is 6.49. The fraction of sp³-hybridized carbons (Fsp3) is 0.421. The lowest BCUT2D eigenvalue weighted by molar-refractivity contribution is -0.124. The lowest BCUT2D eigenvalue weighted by atomic mass is 10.1. The summed E-state index contributed by atoms with van der Waals surface area (Å²) in [7, 11) is 1.93. The molecule has 1 heterocycles. The fourth-order valence-corrected chi connectivity index (χ4v) is 2.49. The first-order valence-electron chi connectivity index (χ1n) is 8.52. The molecule has 1 amide bonds. The molecule has 0 saturated carbocycles. The third kappa shape index (κ3) is 5.17. The van der Waals surface area contributed by atoms with Crippen molar-refractivity contribution in [2.45, 2.75) is 39.3 Å². The third-order valence-electron chi connectivity index (χ3n) is 4.01. The van der Waals surface area contributed by atoms with Crippen LogP contribution in [-0.2, 0) is 11.2 Å². The van der Waals surface area contributed by atoms with E-state index < -0.39 is 6.04 Å². The summed E-state index contributed by atoms with van der Waals surface area (Å²) in [6.45, 7) is 6.21. The van der Waals surface area contributed by atoms with E-state index in [2.05, 4.69) is 22.5 Å². The van der Waals surface area contributed by atoms with E-state index >= 15 is 0 Å². The van der Waals surface area contributed by atoms with E-state index in [4.69, 9.17) is 0 Å². The molecule has 1 N–H and O–H groups in total. The predicted octanol–water partition coefficient (Wildman–Crippen LogP) is 2.01. The molecule has 25 heavy (non-hydrogen) atoms. The molecule has 1 atom stereocenters. The number of aromatic nitrogens is 2. The average molecular weight is 342 g/mol.